The van der Waals surface area contributed by atoms with Gasteiger partial charge in [0.15, 0.2) is 0 Å². The summed E-state index contributed by atoms with van der Waals surface area (Å²) in [6.45, 7) is 14.3. The van der Waals surface area contributed by atoms with Gasteiger partial charge in [-0.2, -0.15) is 0 Å². The SMILES string of the molecule is CC(C)(C)[C@H](c1cc(-c2cc(F)ccc2F)cn1Cc1ccccc1)N(CCCNC(=O)OCC[Si](C)(C)C)C(=O)c1ccc(N)cc1. The van der Waals surface area contributed by atoms with Crippen LogP contribution in [0.2, 0.25) is 25.7 Å². The number of hydrogen-bond donors (Lipinski definition) is 2. The summed E-state index contributed by atoms with van der Waals surface area (Å²) < 4.78 is 36.9. The summed E-state index contributed by atoms with van der Waals surface area (Å²) in [6, 6.07) is 22.3. The number of halogens is 2. The zero-order chi connectivity index (χ0) is 35.1. The largest absolute Gasteiger partial charge is 0.450 e. The first-order chi connectivity index (χ1) is 22.6. The molecule has 10 heteroatoms. The molecule has 1 heterocycles. The molecule has 0 bridgehead atoms. The average Bonchev–Trinajstić information content (AvgIpc) is 3.41. The molecule has 256 valence electrons. The van der Waals surface area contributed by atoms with Crippen LogP contribution in [0.25, 0.3) is 11.1 Å². The summed E-state index contributed by atoms with van der Waals surface area (Å²) in [5.74, 6) is -1.29. The molecule has 0 unspecified atom stereocenters. The van der Waals surface area contributed by atoms with Gasteiger partial charge in [0.1, 0.15) is 11.6 Å². The number of benzene rings is 3. The number of carbonyl (C=O) groups excluding carboxylic acids is 2. The molecular formula is C38H48F2N4O3Si. The van der Waals surface area contributed by atoms with Crippen molar-refractivity contribution >= 4 is 25.8 Å². The Morgan fingerprint density at radius 2 is 1.67 bits per heavy atom. The highest BCUT2D eigenvalue weighted by Gasteiger charge is 2.37. The predicted octanol–water partition coefficient (Wildman–Crippen LogP) is 8.75. The second kappa shape index (κ2) is 15.6. The van der Waals surface area contributed by atoms with Crippen LogP contribution in [0.15, 0.2) is 85.1 Å². The molecule has 0 fully saturated rings. The highest BCUT2D eigenvalue weighted by molar-refractivity contribution is 6.76. The van der Waals surface area contributed by atoms with Crippen LogP contribution in [-0.2, 0) is 11.3 Å². The molecule has 2 amide bonds. The molecule has 4 rings (SSSR count). The van der Waals surface area contributed by atoms with Crippen LogP contribution in [0.4, 0.5) is 19.3 Å². The number of nitrogens with zero attached hydrogens (tertiary/aromatic N) is 2. The second-order valence-corrected chi connectivity index (χ2v) is 20.1. The molecule has 0 saturated carbocycles. The Hall–Kier alpha value is -4.44. The Balaban J connectivity index is 1.73. The van der Waals surface area contributed by atoms with E-state index in [1.54, 1.807) is 24.3 Å². The van der Waals surface area contributed by atoms with Crippen LogP contribution in [0.1, 0.15) is 54.8 Å². The van der Waals surface area contributed by atoms with Crippen LogP contribution < -0.4 is 11.1 Å². The lowest BCUT2D eigenvalue weighted by molar-refractivity contribution is 0.0491. The van der Waals surface area contributed by atoms with E-state index in [1.165, 1.54) is 6.07 Å². The number of amides is 2. The minimum Gasteiger partial charge on any atom is -0.450 e. The predicted molar refractivity (Wildman–Crippen MR) is 192 cm³/mol. The minimum absolute atomic E-state index is 0.143. The lowest BCUT2D eigenvalue weighted by atomic mass is 9.82. The van der Waals surface area contributed by atoms with Crippen LogP contribution in [0.5, 0.6) is 0 Å². The molecule has 0 radical (unpaired) electrons. The van der Waals surface area contributed by atoms with Gasteiger partial charge in [0.2, 0.25) is 0 Å². The van der Waals surface area contributed by atoms with E-state index in [0.29, 0.717) is 49.5 Å². The lowest BCUT2D eigenvalue weighted by Crippen LogP contribution is -2.43. The average molecular weight is 675 g/mol. The van der Waals surface area contributed by atoms with Gasteiger partial charge in [-0.05, 0) is 72.0 Å². The van der Waals surface area contributed by atoms with Crippen molar-refractivity contribution in [2.45, 2.75) is 65.5 Å². The quantitative estimate of drug-likeness (QED) is 0.0843. The molecule has 1 atom stereocenters. The van der Waals surface area contributed by atoms with E-state index in [0.717, 1.165) is 29.4 Å². The Kier molecular flexibility index (Phi) is 11.9. The fraction of sp³-hybridized carbons (Fsp3) is 0.368. The van der Waals surface area contributed by atoms with Gasteiger partial charge in [0, 0.05) is 62.0 Å². The fourth-order valence-corrected chi connectivity index (χ4v) is 6.41. The number of ether oxygens (including phenoxy) is 1. The maximum absolute atomic E-state index is 15.1. The molecule has 3 aromatic carbocycles. The first kappa shape index (κ1) is 36.4. The fourth-order valence-electron chi connectivity index (χ4n) is 5.69. The van der Waals surface area contributed by atoms with Crippen molar-refractivity contribution in [3.63, 3.8) is 0 Å². The highest BCUT2D eigenvalue weighted by Crippen LogP contribution is 2.41. The third kappa shape index (κ3) is 10.0. The maximum Gasteiger partial charge on any atom is 0.407 e. The van der Waals surface area contributed by atoms with Crippen LogP contribution in [0.3, 0.4) is 0 Å². The van der Waals surface area contributed by atoms with E-state index in [1.807, 2.05) is 52.1 Å². The topological polar surface area (TPSA) is 89.6 Å². The van der Waals surface area contributed by atoms with E-state index in [2.05, 4.69) is 45.7 Å². The first-order valence-electron chi connectivity index (χ1n) is 16.4. The van der Waals surface area contributed by atoms with Crippen molar-refractivity contribution in [3.8, 4) is 11.1 Å². The summed E-state index contributed by atoms with van der Waals surface area (Å²) >= 11 is 0. The molecule has 4 aromatic rings. The van der Waals surface area contributed by atoms with Gasteiger partial charge < -0.3 is 25.3 Å². The van der Waals surface area contributed by atoms with Crippen molar-refractivity contribution in [1.29, 1.82) is 0 Å². The Bertz CT molecular complexity index is 1680. The maximum atomic E-state index is 15.1. The van der Waals surface area contributed by atoms with Gasteiger partial charge in [-0.25, -0.2) is 13.6 Å². The summed E-state index contributed by atoms with van der Waals surface area (Å²) in [7, 11) is -1.34. The third-order valence-electron chi connectivity index (χ3n) is 8.13. The van der Waals surface area contributed by atoms with Crippen molar-refractivity contribution in [3.05, 3.63) is 114 Å². The van der Waals surface area contributed by atoms with E-state index in [4.69, 9.17) is 10.5 Å². The van der Waals surface area contributed by atoms with Gasteiger partial charge in [-0.3, -0.25) is 4.79 Å². The van der Waals surface area contributed by atoms with Gasteiger partial charge in [-0.1, -0.05) is 70.7 Å². The standard InChI is InChI=1S/C38H48F2N4O3Si/c1-38(2,3)35(34-23-29(32-24-30(39)15-18-33(32)40)26-43(34)25-27-11-8-7-9-12-27)44(36(45)28-13-16-31(41)17-14-28)20-10-19-42-37(46)47-21-22-48(4,5)6/h7-9,11-18,23-24,26,35H,10,19-22,25,41H2,1-6H3,(H,42,46)/t35-/m0/s1. The van der Waals surface area contributed by atoms with E-state index >= 15 is 4.39 Å². The van der Waals surface area contributed by atoms with E-state index in [-0.39, 0.29) is 11.5 Å². The molecule has 48 heavy (non-hydrogen) atoms. The molecule has 0 aliphatic heterocycles. The molecule has 0 spiro atoms. The normalized spacial score (nSPS) is 12.4. The lowest BCUT2D eigenvalue weighted by Gasteiger charge is -2.41. The number of nitrogens with two attached hydrogens (primary N) is 1. The smallest absolute Gasteiger partial charge is 0.407 e. The number of aromatic nitrogens is 1. The second-order valence-electron chi connectivity index (χ2n) is 14.5. The van der Waals surface area contributed by atoms with Gasteiger partial charge in [-0.15, -0.1) is 0 Å². The monoisotopic (exact) mass is 674 g/mol. The van der Waals surface area contributed by atoms with E-state index < -0.39 is 37.3 Å². The summed E-state index contributed by atoms with van der Waals surface area (Å²) in [5.41, 5.74) is 8.89. The molecule has 0 aliphatic carbocycles. The number of anilines is 1. The van der Waals surface area contributed by atoms with Crippen molar-refractivity contribution < 1.29 is 23.1 Å². The molecule has 3 N–H and O–H groups in total. The van der Waals surface area contributed by atoms with Crippen molar-refractivity contribution in [1.82, 2.24) is 14.8 Å². The molecule has 0 aliphatic rings. The van der Waals surface area contributed by atoms with Gasteiger partial charge in [0.05, 0.1) is 12.6 Å². The minimum atomic E-state index is -1.34. The van der Waals surface area contributed by atoms with E-state index in [9.17, 15) is 14.0 Å². The number of rotatable bonds is 13. The Labute approximate surface area is 284 Å². The number of hydrogen-bond acceptors (Lipinski definition) is 4. The Morgan fingerprint density at radius 3 is 2.31 bits per heavy atom. The van der Waals surface area contributed by atoms with Gasteiger partial charge >= 0.3 is 6.09 Å². The number of alkyl carbamates (subject to hydrolysis) is 1. The van der Waals surface area contributed by atoms with Crippen LogP contribution in [-0.4, -0.2) is 49.2 Å². The summed E-state index contributed by atoms with van der Waals surface area (Å²) in [5, 5.41) is 2.83. The number of nitrogens with one attached hydrogen (secondary N) is 1. The summed E-state index contributed by atoms with van der Waals surface area (Å²) in [6.07, 6.45) is 1.81. The highest BCUT2D eigenvalue weighted by atomic mass is 28.3. The molecule has 1 aromatic heterocycles. The Morgan fingerprint density at radius 1 is 0.979 bits per heavy atom. The number of carbonyl (C=O) groups is 2. The van der Waals surface area contributed by atoms with Crippen LogP contribution >= 0.6 is 0 Å². The third-order valence-corrected chi connectivity index (χ3v) is 9.83. The van der Waals surface area contributed by atoms with Crippen LogP contribution in [0, 0.1) is 17.0 Å². The first-order valence-corrected chi connectivity index (χ1v) is 20.1. The zero-order valence-electron chi connectivity index (χ0n) is 28.9. The molecule has 0 saturated heterocycles. The molecule has 7 nitrogen and oxygen atoms in total. The van der Waals surface area contributed by atoms with Crippen molar-refractivity contribution in [2.75, 3.05) is 25.4 Å². The molecular weight excluding hydrogens is 627 g/mol. The van der Waals surface area contributed by atoms with Crippen molar-refractivity contribution in [2.24, 2.45) is 5.41 Å². The zero-order valence-corrected chi connectivity index (χ0v) is 29.9. The summed E-state index contributed by atoms with van der Waals surface area (Å²) in [4.78, 5) is 28.6. The number of nitrogen functional groups attached to an aromatic ring is 1. The van der Waals surface area contributed by atoms with Gasteiger partial charge in [0.25, 0.3) is 5.91 Å².